The Morgan fingerprint density at radius 3 is 2.55 bits per heavy atom. The molecule has 0 saturated heterocycles. The molecule has 218 valence electrons. The van der Waals surface area contributed by atoms with Gasteiger partial charge in [-0.1, -0.05) is 6.07 Å². The van der Waals surface area contributed by atoms with E-state index < -0.39 is 23.7 Å². The number of halogens is 1. The van der Waals surface area contributed by atoms with Crippen LogP contribution in [0.4, 0.5) is 10.1 Å². The zero-order valence-corrected chi connectivity index (χ0v) is 23.2. The quantitative estimate of drug-likeness (QED) is 0.209. The lowest BCUT2D eigenvalue weighted by Gasteiger charge is -2.17. The van der Waals surface area contributed by atoms with Gasteiger partial charge in [-0.2, -0.15) is 0 Å². The van der Waals surface area contributed by atoms with Crippen LogP contribution in [0.25, 0.3) is 10.9 Å². The SMILES string of the molecule is COc1cc2c(Oc3ccc(NC(=O)c4cccc(F)c4)cc3)ccnc2cc1OCC[C@H](N)C(=O)OC1CCCC1. The van der Waals surface area contributed by atoms with Gasteiger partial charge < -0.3 is 30.0 Å². The molecule has 1 aliphatic carbocycles. The zero-order chi connectivity index (χ0) is 29.5. The number of nitrogens with zero attached hydrogens (tertiary/aromatic N) is 1. The van der Waals surface area contributed by atoms with Crippen LogP contribution in [-0.2, 0) is 9.53 Å². The van der Waals surface area contributed by atoms with E-state index in [2.05, 4.69) is 10.3 Å². The number of hydrogen-bond donors (Lipinski definition) is 2. The van der Waals surface area contributed by atoms with E-state index in [0.29, 0.717) is 46.0 Å². The standard InChI is InChI=1S/C32H32FN3O6/c1-39-29-18-25-27(19-30(29)40-16-14-26(34)32(38)42-23-7-2-3-8-23)35-15-13-28(25)41-24-11-9-22(10-12-24)36-31(37)20-5-4-6-21(33)17-20/h4-6,9-13,15,17-19,23,26H,2-3,7-8,14,16,34H2,1H3,(H,36,37)/t26-/m0/s1. The number of esters is 1. The number of pyridine rings is 1. The number of nitrogens with one attached hydrogen (secondary N) is 1. The van der Waals surface area contributed by atoms with Gasteiger partial charge in [0.05, 0.1) is 19.2 Å². The number of ether oxygens (including phenoxy) is 4. The number of carbonyl (C=O) groups excluding carboxylic acids is 2. The fourth-order valence-electron chi connectivity index (χ4n) is 4.73. The summed E-state index contributed by atoms with van der Waals surface area (Å²) in [4.78, 5) is 29.1. The molecule has 1 fully saturated rings. The summed E-state index contributed by atoms with van der Waals surface area (Å²) in [6.07, 6.45) is 5.82. The summed E-state index contributed by atoms with van der Waals surface area (Å²) < 4.78 is 36.5. The molecule has 0 unspecified atom stereocenters. The first-order valence-corrected chi connectivity index (χ1v) is 13.8. The van der Waals surface area contributed by atoms with Crippen molar-refractivity contribution in [3.05, 3.63) is 84.3 Å². The fraction of sp³-hybridized carbons (Fsp3) is 0.281. The minimum absolute atomic E-state index is 0.0295. The highest BCUT2D eigenvalue weighted by Gasteiger charge is 2.23. The van der Waals surface area contributed by atoms with Crippen molar-refractivity contribution in [2.24, 2.45) is 5.73 Å². The number of benzene rings is 3. The van der Waals surface area contributed by atoms with Gasteiger partial charge in [0.25, 0.3) is 5.91 Å². The Morgan fingerprint density at radius 1 is 1.02 bits per heavy atom. The fourth-order valence-corrected chi connectivity index (χ4v) is 4.73. The minimum atomic E-state index is -0.767. The van der Waals surface area contributed by atoms with Crippen LogP contribution in [0.5, 0.6) is 23.0 Å². The molecule has 4 aromatic rings. The lowest BCUT2D eigenvalue weighted by molar-refractivity contribution is -0.150. The van der Waals surface area contributed by atoms with Crippen LogP contribution >= 0.6 is 0 Å². The lowest BCUT2D eigenvalue weighted by Crippen LogP contribution is -2.35. The van der Waals surface area contributed by atoms with Crippen molar-refractivity contribution < 1.29 is 32.9 Å². The second kappa shape index (κ2) is 13.3. The van der Waals surface area contributed by atoms with Gasteiger partial charge in [-0.15, -0.1) is 0 Å². The maximum Gasteiger partial charge on any atom is 0.323 e. The molecular weight excluding hydrogens is 541 g/mol. The van der Waals surface area contributed by atoms with Crippen LogP contribution in [-0.4, -0.2) is 42.7 Å². The number of anilines is 1. The highest BCUT2D eigenvalue weighted by molar-refractivity contribution is 6.04. The number of methoxy groups -OCH3 is 1. The maximum atomic E-state index is 13.4. The number of rotatable bonds is 11. The molecule has 10 heteroatoms. The smallest absolute Gasteiger partial charge is 0.323 e. The normalized spacial score (nSPS) is 13.9. The molecule has 1 heterocycles. The van der Waals surface area contributed by atoms with E-state index in [-0.39, 0.29) is 18.3 Å². The molecule has 42 heavy (non-hydrogen) atoms. The molecule has 0 radical (unpaired) electrons. The minimum Gasteiger partial charge on any atom is -0.493 e. The molecule has 0 spiro atoms. The van der Waals surface area contributed by atoms with E-state index in [0.717, 1.165) is 25.7 Å². The highest BCUT2D eigenvalue weighted by atomic mass is 19.1. The first-order chi connectivity index (χ1) is 20.4. The molecule has 3 N–H and O–H groups in total. The van der Waals surface area contributed by atoms with E-state index in [1.165, 1.54) is 31.4 Å². The third-order valence-electron chi connectivity index (χ3n) is 6.99. The lowest BCUT2D eigenvalue weighted by atomic mass is 10.1. The number of aromatic nitrogens is 1. The third-order valence-corrected chi connectivity index (χ3v) is 6.99. The predicted octanol–water partition coefficient (Wildman–Crippen LogP) is 6.01. The van der Waals surface area contributed by atoms with Gasteiger partial charge >= 0.3 is 5.97 Å². The van der Waals surface area contributed by atoms with Crippen molar-refractivity contribution in [1.29, 1.82) is 0 Å². The number of hydrogen-bond acceptors (Lipinski definition) is 8. The summed E-state index contributed by atoms with van der Waals surface area (Å²) in [5.74, 6) is 0.706. The number of fused-ring (bicyclic) bond motifs is 1. The van der Waals surface area contributed by atoms with Crippen molar-refractivity contribution in [3.8, 4) is 23.0 Å². The summed E-state index contributed by atoms with van der Waals surface area (Å²) in [7, 11) is 1.53. The van der Waals surface area contributed by atoms with Crippen LogP contribution in [0.3, 0.4) is 0 Å². The second-order valence-electron chi connectivity index (χ2n) is 10.0. The molecule has 1 atom stereocenters. The van der Waals surface area contributed by atoms with Crippen molar-refractivity contribution in [1.82, 2.24) is 4.98 Å². The van der Waals surface area contributed by atoms with E-state index in [9.17, 15) is 14.0 Å². The van der Waals surface area contributed by atoms with Gasteiger partial charge in [0.1, 0.15) is 29.5 Å². The summed E-state index contributed by atoms with van der Waals surface area (Å²) in [6, 6.07) is 16.8. The number of carbonyl (C=O) groups is 2. The van der Waals surface area contributed by atoms with E-state index in [1.54, 1.807) is 48.7 Å². The van der Waals surface area contributed by atoms with Crippen LogP contribution in [0, 0.1) is 5.82 Å². The Bertz CT molecular complexity index is 1560. The Hall–Kier alpha value is -4.70. The van der Waals surface area contributed by atoms with Gasteiger partial charge in [-0.05, 0) is 80.3 Å². The Labute approximate surface area is 242 Å². The Morgan fingerprint density at radius 2 is 1.81 bits per heavy atom. The monoisotopic (exact) mass is 573 g/mol. The van der Waals surface area contributed by atoms with Crippen molar-refractivity contribution >= 4 is 28.5 Å². The van der Waals surface area contributed by atoms with Crippen LogP contribution < -0.4 is 25.3 Å². The second-order valence-corrected chi connectivity index (χ2v) is 10.0. The molecule has 3 aromatic carbocycles. The van der Waals surface area contributed by atoms with E-state index in [4.69, 9.17) is 24.7 Å². The molecule has 0 bridgehead atoms. The Kier molecular flexibility index (Phi) is 9.13. The average molecular weight is 574 g/mol. The largest absolute Gasteiger partial charge is 0.493 e. The molecule has 1 saturated carbocycles. The maximum absolute atomic E-state index is 13.4. The van der Waals surface area contributed by atoms with Gasteiger partial charge in [0, 0.05) is 35.3 Å². The molecule has 9 nitrogen and oxygen atoms in total. The summed E-state index contributed by atoms with van der Waals surface area (Å²) in [5, 5.41) is 3.43. The Balaban J connectivity index is 1.22. The zero-order valence-electron chi connectivity index (χ0n) is 23.2. The van der Waals surface area contributed by atoms with Crippen molar-refractivity contribution in [2.75, 3.05) is 19.0 Å². The number of nitrogens with two attached hydrogens (primary N) is 1. The summed E-state index contributed by atoms with van der Waals surface area (Å²) in [5.41, 5.74) is 7.40. The first kappa shape index (κ1) is 28.8. The summed E-state index contributed by atoms with van der Waals surface area (Å²) in [6.45, 7) is 0.196. The van der Waals surface area contributed by atoms with Crippen LogP contribution in [0.1, 0.15) is 42.5 Å². The van der Waals surface area contributed by atoms with Gasteiger partial charge in [0.2, 0.25) is 0 Å². The van der Waals surface area contributed by atoms with Crippen LogP contribution in [0.2, 0.25) is 0 Å². The predicted molar refractivity (Wildman–Crippen MR) is 156 cm³/mol. The van der Waals surface area contributed by atoms with E-state index >= 15 is 0 Å². The van der Waals surface area contributed by atoms with Crippen molar-refractivity contribution in [3.63, 3.8) is 0 Å². The van der Waals surface area contributed by atoms with Crippen LogP contribution in [0.15, 0.2) is 72.9 Å². The third kappa shape index (κ3) is 7.13. The van der Waals surface area contributed by atoms with Crippen molar-refractivity contribution in [2.45, 2.75) is 44.2 Å². The molecule has 5 rings (SSSR count). The molecule has 1 aromatic heterocycles. The average Bonchev–Trinajstić information content (AvgIpc) is 3.51. The molecule has 0 aliphatic heterocycles. The van der Waals surface area contributed by atoms with Gasteiger partial charge in [-0.3, -0.25) is 14.6 Å². The van der Waals surface area contributed by atoms with Gasteiger partial charge in [-0.25, -0.2) is 4.39 Å². The number of amides is 1. The van der Waals surface area contributed by atoms with Gasteiger partial charge in [0.15, 0.2) is 11.5 Å². The summed E-state index contributed by atoms with van der Waals surface area (Å²) >= 11 is 0. The molecular formula is C32H32FN3O6. The topological polar surface area (TPSA) is 122 Å². The molecule has 1 amide bonds. The molecule has 1 aliphatic rings. The highest BCUT2D eigenvalue weighted by Crippen LogP contribution is 2.37. The first-order valence-electron chi connectivity index (χ1n) is 13.8. The van der Waals surface area contributed by atoms with E-state index in [1.807, 2.05) is 0 Å².